The van der Waals surface area contributed by atoms with Crippen LogP contribution in [0.5, 0.6) is 5.88 Å². The fraction of sp³-hybridized carbons (Fsp3) is 0.231. The Morgan fingerprint density at radius 2 is 1.97 bits per heavy atom. The molecule has 4 aromatic rings. The van der Waals surface area contributed by atoms with E-state index in [4.69, 9.17) is 21.3 Å². The molecule has 0 fully saturated rings. The van der Waals surface area contributed by atoms with Gasteiger partial charge in [0.1, 0.15) is 10.8 Å². The number of methoxy groups -OCH3 is 1. The molecule has 4 aromatic heterocycles. The first-order valence-corrected chi connectivity index (χ1v) is 11.9. The van der Waals surface area contributed by atoms with Gasteiger partial charge >= 0.3 is 0 Å². The van der Waals surface area contributed by atoms with E-state index < -0.39 is 0 Å². The Bertz CT molecular complexity index is 1440. The number of nitrogens with zero attached hydrogens (tertiary/aromatic N) is 6. The van der Waals surface area contributed by atoms with Gasteiger partial charge in [0.05, 0.1) is 24.0 Å². The lowest BCUT2D eigenvalue weighted by atomic mass is 10.2. The second-order valence-corrected chi connectivity index (χ2v) is 8.95. The molecule has 0 saturated heterocycles. The first kappa shape index (κ1) is 25.9. The molecule has 0 aliphatic carbocycles. The van der Waals surface area contributed by atoms with Crippen molar-refractivity contribution in [3.63, 3.8) is 0 Å². The SMILES string of the molecule is C=CC(=O)Nc1cc(Nc2nccc(-c3cc(Cl)n4ccccc34)n2)c(OC)nc1N(C)CCN(C)C. The van der Waals surface area contributed by atoms with E-state index in [1.807, 2.05) is 67.0 Å². The molecular weight excluding hydrogens is 492 g/mol. The first-order valence-electron chi connectivity index (χ1n) is 11.5. The Balaban J connectivity index is 1.71. The number of amides is 1. The van der Waals surface area contributed by atoms with E-state index in [9.17, 15) is 4.79 Å². The average molecular weight is 521 g/mol. The van der Waals surface area contributed by atoms with Crippen molar-refractivity contribution in [2.24, 2.45) is 0 Å². The van der Waals surface area contributed by atoms with Crippen molar-refractivity contribution in [1.82, 2.24) is 24.3 Å². The number of aromatic nitrogens is 4. The van der Waals surface area contributed by atoms with E-state index in [-0.39, 0.29) is 5.91 Å². The molecule has 0 saturated carbocycles. The standard InChI is InChI=1S/C26H29ClN8O2/c1-6-23(36)29-19-16-20(25(37-5)32-24(19)34(4)14-13-33(2)3)31-26-28-11-10-18(30-26)17-15-22(27)35-12-8-7-9-21(17)35/h6-12,15-16H,1,13-14H2,2-5H3,(H,29,36)(H,28,30,31). The topological polar surface area (TPSA) is 99.9 Å². The van der Waals surface area contributed by atoms with Crippen molar-refractivity contribution in [3.8, 4) is 17.1 Å². The van der Waals surface area contributed by atoms with Gasteiger partial charge in [0.25, 0.3) is 0 Å². The highest BCUT2D eigenvalue weighted by molar-refractivity contribution is 6.30. The number of carbonyl (C=O) groups is 1. The van der Waals surface area contributed by atoms with E-state index in [2.05, 4.69) is 32.1 Å². The summed E-state index contributed by atoms with van der Waals surface area (Å²) in [5.74, 6) is 0.869. The summed E-state index contributed by atoms with van der Waals surface area (Å²) in [5, 5.41) is 6.61. The molecule has 0 aliphatic heterocycles. The van der Waals surface area contributed by atoms with Gasteiger partial charge in [0, 0.05) is 38.1 Å². The van der Waals surface area contributed by atoms with Crippen molar-refractivity contribution in [2.45, 2.75) is 0 Å². The fourth-order valence-electron chi connectivity index (χ4n) is 3.76. The second-order valence-electron chi connectivity index (χ2n) is 8.56. The van der Waals surface area contributed by atoms with Crippen LogP contribution in [0.1, 0.15) is 0 Å². The van der Waals surface area contributed by atoms with Crippen molar-refractivity contribution >= 4 is 46.2 Å². The molecule has 2 N–H and O–H groups in total. The number of halogens is 1. The van der Waals surface area contributed by atoms with Crippen LogP contribution in [0.15, 0.2) is 61.4 Å². The molecule has 0 unspecified atom stereocenters. The van der Waals surface area contributed by atoms with Crippen LogP contribution in [-0.2, 0) is 4.79 Å². The summed E-state index contributed by atoms with van der Waals surface area (Å²) in [4.78, 5) is 29.9. The van der Waals surface area contributed by atoms with Crippen molar-refractivity contribution in [2.75, 3.05) is 56.9 Å². The number of likely N-dealkylation sites (N-methyl/N-ethyl adjacent to an activating group) is 2. The molecule has 1 amide bonds. The molecule has 0 atom stereocenters. The summed E-state index contributed by atoms with van der Waals surface area (Å²) in [6.07, 6.45) is 4.77. The van der Waals surface area contributed by atoms with Crippen LogP contribution >= 0.6 is 11.6 Å². The number of fused-ring (bicyclic) bond motifs is 1. The molecule has 11 heteroatoms. The number of rotatable bonds is 10. The third kappa shape index (κ3) is 5.82. The van der Waals surface area contributed by atoms with Gasteiger partial charge in [0.15, 0.2) is 5.82 Å². The molecule has 10 nitrogen and oxygen atoms in total. The number of hydrogen-bond acceptors (Lipinski definition) is 8. The van der Waals surface area contributed by atoms with E-state index in [0.29, 0.717) is 46.4 Å². The molecule has 0 radical (unpaired) electrons. The normalized spacial score (nSPS) is 11.0. The number of ether oxygens (including phenoxy) is 1. The zero-order valence-electron chi connectivity index (χ0n) is 21.2. The van der Waals surface area contributed by atoms with Gasteiger partial charge in [-0.2, -0.15) is 4.98 Å². The highest BCUT2D eigenvalue weighted by Gasteiger charge is 2.19. The third-order valence-corrected chi connectivity index (χ3v) is 5.95. The zero-order valence-corrected chi connectivity index (χ0v) is 22.0. The number of pyridine rings is 2. The van der Waals surface area contributed by atoms with E-state index >= 15 is 0 Å². The molecule has 0 aliphatic rings. The largest absolute Gasteiger partial charge is 0.479 e. The summed E-state index contributed by atoms with van der Waals surface area (Å²) in [5.41, 5.74) is 3.48. The molecule has 192 valence electrons. The molecule has 37 heavy (non-hydrogen) atoms. The van der Waals surface area contributed by atoms with Gasteiger partial charge in [-0.1, -0.05) is 24.2 Å². The Morgan fingerprint density at radius 1 is 1.16 bits per heavy atom. The fourth-order valence-corrected chi connectivity index (χ4v) is 4.02. The monoisotopic (exact) mass is 520 g/mol. The summed E-state index contributed by atoms with van der Waals surface area (Å²) < 4.78 is 7.46. The predicted octanol–water partition coefficient (Wildman–Crippen LogP) is 4.32. The van der Waals surface area contributed by atoms with Crippen molar-refractivity contribution in [1.29, 1.82) is 0 Å². The summed E-state index contributed by atoms with van der Waals surface area (Å²) in [6.45, 7) is 5.04. The van der Waals surface area contributed by atoms with Gasteiger partial charge in [-0.3, -0.25) is 4.79 Å². The molecule has 0 bridgehead atoms. The zero-order chi connectivity index (χ0) is 26.5. The Labute approximate surface area is 220 Å². The van der Waals surface area contributed by atoms with Crippen molar-refractivity contribution in [3.05, 3.63) is 66.6 Å². The van der Waals surface area contributed by atoms with Crippen LogP contribution in [0.3, 0.4) is 0 Å². The number of anilines is 4. The Hall–Kier alpha value is -4.15. The first-order chi connectivity index (χ1) is 17.8. The van der Waals surface area contributed by atoms with E-state index in [1.165, 1.54) is 13.2 Å². The van der Waals surface area contributed by atoms with Crippen LogP contribution < -0.4 is 20.3 Å². The number of nitrogens with one attached hydrogen (secondary N) is 2. The lowest BCUT2D eigenvalue weighted by Gasteiger charge is -2.24. The minimum atomic E-state index is -0.351. The van der Waals surface area contributed by atoms with Gasteiger partial charge in [0.2, 0.25) is 17.7 Å². The van der Waals surface area contributed by atoms with Crippen LogP contribution in [0, 0.1) is 0 Å². The summed E-state index contributed by atoms with van der Waals surface area (Å²) in [7, 11) is 7.43. The van der Waals surface area contributed by atoms with Gasteiger partial charge in [-0.15, -0.1) is 0 Å². The Kier molecular flexibility index (Phi) is 7.90. The van der Waals surface area contributed by atoms with E-state index in [0.717, 1.165) is 17.6 Å². The maximum Gasteiger partial charge on any atom is 0.247 e. The molecule has 4 heterocycles. The number of hydrogen-bond donors (Lipinski definition) is 2. The highest BCUT2D eigenvalue weighted by atomic mass is 35.5. The molecule has 0 aromatic carbocycles. The maximum atomic E-state index is 12.2. The summed E-state index contributed by atoms with van der Waals surface area (Å²) >= 11 is 6.42. The van der Waals surface area contributed by atoms with Gasteiger partial charge < -0.3 is 29.6 Å². The lowest BCUT2D eigenvalue weighted by Crippen LogP contribution is -2.30. The Morgan fingerprint density at radius 3 is 2.70 bits per heavy atom. The quantitative estimate of drug-likeness (QED) is 0.298. The smallest absolute Gasteiger partial charge is 0.247 e. The number of carbonyl (C=O) groups excluding carboxylic acids is 1. The van der Waals surface area contributed by atoms with Gasteiger partial charge in [-0.05, 0) is 50.5 Å². The van der Waals surface area contributed by atoms with Crippen molar-refractivity contribution < 1.29 is 9.53 Å². The minimum Gasteiger partial charge on any atom is -0.479 e. The summed E-state index contributed by atoms with van der Waals surface area (Å²) in [6, 6.07) is 11.3. The average Bonchev–Trinajstić information content (AvgIpc) is 3.24. The van der Waals surface area contributed by atoms with E-state index in [1.54, 1.807) is 12.3 Å². The van der Waals surface area contributed by atoms with Gasteiger partial charge in [-0.25, -0.2) is 9.97 Å². The minimum absolute atomic E-state index is 0.328. The third-order valence-electron chi connectivity index (χ3n) is 5.66. The molecular formula is C26H29ClN8O2. The lowest BCUT2D eigenvalue weighted by molar-refractivity contribution is -0.111. The van der Waals surface area contributed by atoms with Crippen LogP contribution in [0.25, 0.3) is 16.8 Å². The molecule has 0 spiro atoms. The predicted molar refractivity (Wildman–Crippen MR) is 148 cm³/mol. The van der Waals surface area contributed by atoms with Crippen LogP contribution in [-0.4, -0.2) is 71.5 Å². The molecule has 4 rings (SSSR count). The maximum absolute atomic E-state index is 12.2. The second kappa shape index (κ2) is 11.3. The van der Waals surface area contributed by atoms with Crippen LogP contribution in [0.4, 0.5) is 23.1 Å². The van der Waals surface area contributed by atoms with Crippen LogP contribution in [0.2, 0.25) is 5.15 Å². The highest BCUT2D eigenvalue weighted by Crippen LogP contribution is 2.35.